The lowest BCUT2D eigenvalue weighted by molar-refractivity contribution is -0.140. The van der Waals surface area contributed by atoms with Crippen LogP contribution in [0.2, 0.25) is 0 Å². The van der Waals surface area contributed by atoms with E-state index < -0.39 is 12.1 Å². The Morgan fingerprint density at radius 1 is 1.13 bits per heavy atom. The molecule has 1 unspecified atom stereocenters. The highest BCUT2D eigenvalue weighted by Gasteiger charge is 2.28. The van der Waals surface area contributed by atoms with Crippen molar-refractivity contribution in [1.29, 1.82) is 0 Å². The summed E-state index contributed by atoms with van der Waals surface area (Å²) < 4.78 is 5.51. The first-order valence-corrected chi connectivity index (χ1v) is 10.7. The van der Waals surface area contributed by atoms with E-state index in [-0.39, 0.29) is 17.4 Å². The predicted molar refractivity (Wildman–Crippen MR) is 117 cm³/mol. The van der Waals surface area contributed by atoms with Gasteiger partial charge in [-0.15, -0.1) is 11.3 Å². The van der Waals surface area contributed by atoms with E-state index >= 15 is 0 Å². The van der Waals surface area contributed by atoms with Crippen molar-refractivity contribution in [3.8, 4) is 0 Å². The van der Waals surface area contributed by atoms with E-state index in [0.717, 1.165) is 22.8 Å². The van der Waals surface area contributed by atoms with Gasteiger partial charge in [-0.3, -0.25) is 9.59 Å². The van der Waals surface area contributed by atoms with Crippen LogP contribution in [0.15, 0.2) is 47.8 Å². The smallest absolute Gasteiger partial charge is 0.341 e. The molecular weight excluding hydrogens is 400 g/mol. The van der Waals surface area contributed by atoms with Crippen molar-refractivity contribution in [3.05, 3.63) is 63.8 Å². The van der Waals surface area contributed by atoms with E-state index in [2.05, 4.69) is 5.32 Å². The van der Waals surface area contributed by atoms with Crippen LogP contribution in [0.25, 0.3) is 10.8 Å². The molecule has 30 heavy (non-hydrogen) atoms. The molecule has 0 saturated heterocycles. The third-order valence-corrected chi connectivity index (χ3v) is 6.19. The van der Waals surface area contributed by atoms with Crippen molar-refractivity contribution >= 4 is 45.6 Å². The quantitative estimate of drug-likeness (QED) is 0.645. The van der Waals surface area contributed by atoms with Gasteiger partial charge in [-0.1, -0.05) is 24.3 Å². The Bertz CT molecular complexity index is 1140. The maximum atomic E-state index is 12.9. The van der Waals surface area contributed by atoms with E-state index in [9.17, 15) is 14.4 Å². The molecule has 4 rings (SSSR count). The number of hydrogen-bond donors (Lipinski definition) is 1. The molecule has 7 heteroatoms. The van der Waals surface area contributed by atoms with Crippen LogP contribution in [0.1, 0.15) is 34.6 Å². The van der Waals surface area contributed by atoms with Gasteiger partial charge in [0.2, 0.25) is 5.91 Å². The molecule has 6 nitrogen and oxygen atoms in total. The van der Waals surface area contributed by atoms with Gasteiger partial charge < -0.3 is 15.0 Å². The van der Waals surface area contributed by atoms with Gasteiger partial charge in [-0.2, -0.15) is 0 Å². The molecule has 0 spiro atoms. The zero-order valence-corrected chi connectivity index (χ0v) is 17.6. The van der Waals surface area contributed by atoms with Gasteiger partial charge >= 0.3 is 5.97 Å². The van der Waals surface area contributed by atoms with Crippen LogP contribution in [0, 0.1) is 0 Å². The Kier molecular flexibility index (Phi) is 5.55. The monoisotopic (exact) mass is 422 g/mol. The van der Waals surface area contributed by atoms with Crippen molar-refractivity contribution < 1.29 is 19.1 Å². The van der Waals surface area contributed by atoms with Crippen LogP contribution in [-0.2, 0) is 27.3 Å². The number of amides is 2. The summed E-state index contributed by atoms with van der Waals surface area (Å²) in [6, 6.07) is 13.0. The van der Waals surface area contributed by atoms with E-state index in [1.165, 1.54) is 11.8 Å². The van der Waals surface area contributed by atoms with E-state index in [1.807, 2.05) is 35.7 Å². The van der Waals surface area contributed by atoms with Crippen LogP contribution in [0.4, 0.5) is 5.69 Å². The first-order valence-electron chi connectivity index (χ1n) is 9.78. The summed E-state index contributed by atoms with van der Waals surface area (Å²) in [5, 5.41) is 6.46. The molecule has 0 bridgehead atoms. The second kappa shape index (κ2) is 8.28. The normalized spacial score (nSPS) is 14.1. The van der Waals surface area contributed by atoms with Gasteiger partial charge in [0.05, 0.1) is 11.3 Å². The number of carbonyl (C=O) groups excluding carboxylic acids is 3. The van der Waals surface area contributed by atoms with Crippen molar-refractivity contribution in [1.82, 2.24) is 4.90 Å². The number of benzene rings is 2. The number of ether oxygens (including phenoxy) is 1. The zero-order chi connectivity index (χ0) is 21.3. The molecule has 1 aromatic heterocycles. The standard InChI is InChI=1S/C23H22N2O4S/c1-14(22(27)25-9-7-21-18(13-25)8-10-30-21)29-23(28)19-11-16-5-3-4-6-17(16)12-20(19)24-15(2)26/h3-6,8,10-12,14H,7,9,13H2,1-2H3,(H,24,26). The molecule has 1 N–H and O–H groups in total. The minimum atomic E-state index is -0.922. The Balaban J connectivity index is 1.53. The van der Waals surface area contributed by atoms with E-state index in [4.69, 9.17) is 4.74 Å². The largest absolute Gasteiger partial charge is 0.449 e. The molecule has 2 amide bonds. The van der Waals surface area contributed by atoms with Crippen LogP contribution in [0.3, 0.4) is 0 Å². The first-order chi connectivity index (χ1) is 14.4. The van der Waals surface area contributed by atoms with Gasteiger partial charge in [-0.05, 0) is 53.3 Å². The number of hydrogen-bond acceptors (Lipinski definition) is 5. The number of nitrogens with one attached hydrogen (secondary N) is 1. The zero-order valence-electron chi connectivity index (χ0n) is 16.8. The molecule has 3 aromatic rings. The molecule has 0 aliphatic carbocycles. The van der Waals surface area contributed by atoms with E-state index in [1.54, 1.807) is 35.3 Å². The summed E-state index contributed by atoms with van der Waals surface area (Å²) >= 11 is 1.70. The summed E-state index contributed by atoms with van der Waals surface area (Å²) in [6.07, 6.45) is -0.106. The molecule has 1 aliphatic rings. The fourth-order valence-electron chi connectivity index (χ4n) is 3.67. The summed E-state index contributed by atoms with van der Waals surface area (Å²) in [5.41, 5.74) is 1.75. The minimum absolute atomic E-state index is 0.220. The van der Waals surface area contributed by atoms with Crippen molar-refractivity contribution in [2.24, 2.45) is 0 Å². The predicted octanol–water partition coefficient (Wildman–Crippen LogP) is 3.99. The topological polar surface area (TPSA) is 75.7 Å². The molecule has 0 radical (unpaired) electrons. The highest BCUT2D eigenvalue weighted by molar-refractivity contribution is 7.10. The number of esters is 1. The fourth-order valence-corrected chi connectivity index (χ4v) is 4.56. The average Bonchev–Trinajstić information content (AvgIpc) is 3.20. The van der Waals surface area contributed by atoms with Crippen molar-refractivity contribution in [2.75, 3.05) is 11.9 Å². The lowest BCUT2D eigenvalue weighted by Crippen LogP contribution is -2.42. The van der Waals surface area contributed by atoms with Gasteiger partial charge in [0.1, 0.15) is 0 Å². The summed E-state index contributed by atoms with van der Waals surface area (Å²) in [4.78, 5) is 40.4. The van der Waals surface area contributed by atoms with Gasteiger partial charge in [0.25, 0.3) is 5.91 Å². The molecule has 1 atom stereocenters. The van der Waals surface area contributed by atoms with Gasteiger partial charge in [0.15, 0.2) is 6.10 Å². The second-order valence-corrected chi connectivity index (χ2v) is 8.35. The van der Waals surface area contributed by atoms with Gasteiger partial charge in [0, 0.05) is 24.9 Å². The maximum absolute atomic E-state index is 12.9. The van der Waals surface area contributed by atoms with Crippen molar-refractivity contribution in [3.63, 3.8) is 0 Å². The molecular formula is C23H22N2O4S. The summed E-state index contributed by atoms with van der Waals surface area (Å²) in [6.45, 7) is 4.11. The van der Waals surface area contributed by atoms with Crippen LogP contribution >= 0.6 is 11.3 Å². The maximum Gasteiger partial charge on any atom is 0.341 e. The van der Waals surface area contributed by atoms with Crippen LogP contribution < -0.4 is 5.32 Å². The third kappa shape index (κ3) is 4.07. The van der Waals surface area contributed by atoms with Crippen LogP contribution in [-0.4, -0.2) is 35.3 Å². The molecule has 154 valence electrons. The Morgan fingerprint density at radius 3 is 2.60 bits per heavy atom. The lowest BCUT2D eigenvalue weighted by Gasteiger charge is -2.29. The number of rotatable bonds is 4. The SMILES string of the molecule is CC(=O)Nc1cc2ccccc2cc1C(=O)OC(C)C(=O)N1CCc2sccc2C1. The number of thiophene rings is 1. The molecule has 2 heterocycles. The third-order valence-electron chi connectivity index (χ3n) is 5.17. The fraction of sp³-hybridized carbons (Fsp3) is 0.261. The Morgan fingerprint density at radius 2 is 1.87 bits per heavy atom. The molecule has 1 aliphatic heterocycles. The lowest BCUT2D eigenvalue weighted by atomic mass is 10.0. The molecule has 0 fully saturated rings. The molecule has 0 saturated carbocycles. The number of carbonyl (C=O) groups is 3. The van der Waals surface area contributed by atoms with Gasteiger partial charge in [-0.25, -0.2) is 4.79 Å². The highest BCUT2D eigenvalue weighted by Crippen LogP contribution is 2.27. The summed E-state index contributed by atoms with van der Waals surface area (Å²) in [5.74, 6) is -1.15. The Hall–Kier alpha value is -3.19. The van der Waals surface area contributed by atoms with E-state index in [0.29, 0.717) is 18.8 Å². The summed E-state index contributed by atoms with van der Waals surface area (Å²) in [7, 11) is 0. The first kappa shape index (κ1) is 20.1. The minimum Gasteiger partial charge on any atom is -0.449 e. The van der Waals surface area contributed by atoms with Crippen molar-refractivity contribution in [2.45, 2.75) is 32.9 Å². The highest BCUT2D eigenvalue weighted by atomic mass is 32.1. The number of fused-ring (bicyclic) bond motifs is 2. The average molecular weight is 423 g/mol. The Labute approximate surface area is 178 Å². The molecule has 2 aromatic carbocycles. The second-order valence-electron chi connectivity index (χ2n) is 7.35. The number of anilines is 1. The number of nitrogens with zero attached hydrogens (tertiary/aromatic N) is 1. The van der Waals surface area contributed by atoms with Crippen LogP contribution in [0.5, 0.6) is 0 Å².